The van der Waals surface area contributed by atoms with Gasteiger partial charge in [-0.05, 0) is 43.4 Å². The Bertz CT molecular complexity index is 592. The molecule has 1 amide bonds. The van der Waals surface area contributed by atoms with Crippen molar-refractivity contribution in [3.63, 3.8) is 0 Å². The van der Waals surface area contributed by atoms with Crippen molar-refractivity contribution >= 4 is 34.6 Å². The Balaban J connectivity index is 1.83. The van der Waals surface area contributed by atoms with Crippen molar-refractivity contribution in [2.45, 2.75) is 39.7 Å². The van der Waals surface area contributed by atoms with Gasteiger partial charge in [-0.3, -0.25) is 9.69 Å². The molecule has 0 atom stereocenters. The van der Waals surface area contributed by atoms with Crippen LogP contribution in [0.3, 0.4) is 0 Å². The van der Waals surface area contributed by atoms with E-state index in [0.29, 0.717) is 5.11 Å². The molecule has 0 saturated carbocycles. The van der Waals surface area contributed by atoms with Gasteiger partial charge in [0.2, 0.25) is 5.91 Å². The summed E-state index contributed by atoms with van der Waals surface area (Å²) in [6.07, 6.45) is 3.17. The second-order valence-corrected chi connectivity index (χ2v) is 8.71. The van der Waals surface area contributed by atoms with Gasteiger partial charge in [-0.25, -0.2) is 0 Å². The number of unbranched alkanes of at least 4 members (excludes halogenated alkanes) is 1. The maximum absolute atomic E-state index is 12.5. The molecule has 0 radical (unpaired) electrons. The summed E-state index contributed by atoms with van der Waals surface area (Å²) in [4.78, 5) is 20.3. The van der Waals surface area contributed by atoms with Crippen LogP contribution in [0, 0.1) is 0 Å². The van der Waals surface area contributed by atoms with Crippen LogP contribution in [-0.4, -0.2) is 84.7 Å². The summed E-state index contributed by atoms with van der Waals surface area (Å²) in [5.74, 6) is 0.118. The molecule has 0 aromatic carbocycles. The normalized spacial score (nSPS) is 14.6. The summed E-state index contributed by atoms with van der Waals surface area (Å²) in [7, 11) is 0. The number of ether oxygens (including phenoxy) is 1. The van der Waals surface area contributed by atoms with Gasteiger partial charge in [0.15, 0.2) is 5.11 Å². The zero-order valence-corrected chi connectivity index (χ0v) is 19.5. The zero-order chi connectivity index (χ0) is 20.9. The first-order valence-electron chi connectivity index (χ1n) is 10.8. The Labute approximate surface area is 185 Å². The van der Waals surface area contributed by atoms with Crippen molar-refractivity contribution < 1.29 is 9.53 Å². The maximum atomic E-state index is 12.5. The number of rotatable bonds is 12. The van der Waals surface area contributed by atoms with Crippen molar-refractivity contribution in [2.75, 3.05) is 59.0 Å². The van der Waals surface area contributed by atoms with Crippen molar-refractivity contribution in [2.24, 2.45) is 0 Å². The van der Waals surface area contributed by atoms with Gasteiger partial charge >= 0.3 is 0 Å². The number of thiocarbonyl (C=S) groups is 1. The van der Waals surface area contributed by atoms with Crippen LogP contribution >= 0.6 is 23.6 Å². The number of likely N-dealkylation sites (N-methyl/N-ethyl adjacent to an activating group) is 1. The van der Waals surface area contributed by atoms with Crippen LogP contribution in [0.5, 0.6) is 0 Å². The monoisotopic (exact) mass is 440 g/mol. The standard InChI is InChI=1S/C21H36N4O2S2/c1-3-5-10-24(4-2)20(26)17-22-21(28)25(18-19-8-6-16-29-19)11-7-9-23-12-14-27-15-13-23/h6,8,16H,3-5,7,9-15,17-18H2,1-2H3,(H,22,28). The Hall–Kier alpha value is -1.22. The number of hydrogen-bond donors (Lipinski definition) is 1. The molecule has 0 spiro atoms. The highest BCUT2D eigenvalue weighted by Crippen LogP contribution is 2.13. The fraction of sp³-hybridized carbons (Fsp3) is 0.714. The molecule has 0 unspecified atom stereocenters. The molecule has 1 fully saturated rings. The van der Waals surface area contributed by atoms with Crippen LogP contribution in [0.1, 0.15) is 38.0 Å². The molecule has 1 aliphatic rings. The summed E-state index contributed by atoms with van der Waals surface area (Å²) in [6.45, 7) is 12.4. The smallest absolute Gasteiger partial charge is 0.241 e. The van der Waals surface area contributed by atoms with Gasteiger partial charge in [0, 0.05) is 44.1 Å². The number of carbonyl (C=O) groups is 1. The van der Waals surface area contributed by atoms with Crippen molar-refractivity contribution in [1.82, 2.24) is 20.0 Å². The van der Waals surface area contributed by atoms with E-state index in [0.717, 1.165) is 78.3 Å². The number of morpholine rings is 1. The highest BCUT2D eigenvalue weighted by atomic mass is 32.1. The molecule has 1 aliphatic heterocycles. The molecule has 1 aromatic rings. The summed E-state index contributed by atoms with van der Waals surface area (Å²) in [6, 6.07) is 4.20. The van der Waals surface area contributed by atoms with Gasteiger partial charge in [0.1, 0.15) is 0 Å². The van der Waals surface area contributed by atoms with Gasteiger partial charge in [-0.2, -0.15) is 0 Å². The highest BCUT2D eigenvalue weighted by Gasteiger charge is 2.16. The molecular formula is C21H36N4O2S2. The average Bonchev–Trinajstić information content (AvgIpc) is 3.26. The van der Waals surface area contributed by atoms with Crippen LogP contribution in [0.25, 0.3) is 0 Å². The molecule has 1 aromatic heterocycles. The van der Waals surface area contributed by atoms with E-state index in [2.05, 4.69) is 39.6 Å². The minimum atomic E-state index is 0.118. The lowest BCUT2D eigenvalue weighted by Gasteiger charge is -2.29. The third kappa shape index (κ3) is 8.99. The van der Waals surface area contributed by atoms with Gasteiger partial charge in [0.25, 0.3) is 0 Å². The van der Waals surface area contributed by atoms with Crippen LogP contribution in [0.4, 0.5) is 0 Å². The van der Waals surface area contributed by atoms with E-state index in [9.17, 15) is 4.79 Å². The zero-order valence-electron chi connectivity index (χ0n) is 17.9. The van der Waals surface area contributed by atoms with E-state index >= 15 is 0 Å². The number of hydrogen-bond acceptors (Lipinski definition) is 5. The maximum Gasteiger partial charge on any atom is 0.241 e. The summed E-state index contributed by atoms with van der Waals surface area (Å²) < 4.78 is 5.43. The van der Waals surface area contributed by atoms with Crippen LogP contribution < -0.4 is 5.32 Å². The predicted molar refractivity (Wildman–Crippen MR) is 124 cm³/mol. The van der Waals surface area contributed by atoms with E-state index in [1.54, 1.807) is 11.3 Å². The molecule has 29 heavy (non-hydrogen) atoms. The highest BCUT2D eigenvalue weighted by molar-refractivity contribution is 7.80. The van der Waals surface area contributed by atoms with E-state index < -0.39 is 0 Å². The third-order valence-corrected chi connectivity index (χ3v) is 6.39. The van der Waals surface area contributed by atoms with Crippen molar-refractivity contribution in [1.29, 1.82) is 0 Å². The third-order valence-electron chi connectivity index (χ3n) is 5.13. The largest absolute Gasteiger partial charge is 0.379 e. The Kier molecular flexibility index (Phi) is 11.5. The van der Waals surface area contributed by atoms with Crippen LogP contribution in [0.15, 0.2) is 17.5 Å². The first-order chi connectivity index (χ1) is 14.1. The summed E-state index contributed by atoms with van der Waals surface area (Å²) in [5.41, 5.74) is 0. The first kappa shape index (κ1) is 24.1. The average molecular weight is 441 g/mol. The second kappa shape index (κ2) is 13.9. The number of thiophene rings is 1. The number of carbonyl (C=O) groups excluding carboxylic acids is 1. The number of amides is 1. The lowest BCUT2D eigenvalue weighted by molar-refractivity contribution is -0.129. The molecule has 6 nitrogen and oxygen atoms in total. The number of nitrogens with zero attached hydrogens (tertiary/aromatic N) is 3. The summed E-state index contributed by atoms with van der Waals surface area (Å²) >= 11 is 7.40. The molecule has 2 heterocycles. The molecule has 0 bridgehead atoms. The molecule has 0 aliphatic carbocycles. The number of nitrogens with one attached hydrogen (secondary N) is 1. The second-order valence-electron chi connectivity index (χ2n) is 7.29. The minimum absolute atomic E-state index is 0.118. The molecule has 1 saturated heterocycles. The predicted octanol–water partition coefficient (Wildman–Crippen LogP) is 2.80. The van der Waals surface area contributed by atoms with E-state index in [-0.39, 0.29) is 12.5 Å². The quantitative estimate of drug-likeness (QED) is 0.505. The lowest BCUT2D eigenvalue weighted by Crippen LogP contribution is -2.46. The SMILES string of the molecule is CCCCN(CC)C(=O)CNC(=S)N(CCCN1CCOCC1)Cc1cccs1. The fourth-order valence-electron chi connectivity index (χ4n) is 3.34. The Morgan fingerprint density at radius 2 is 2.00 bits per heavy atom. The molecule has 8 heteroatoms. The van der Waals surface area contributed by atoms with Gasteiger partial charge in [0.05, 0.1) is 26.3 Å². The molecule has 1 N–H and O–H groups in total. The topological polar surface area (TPSA) is 48.1 Å². The molecule has 2 rings (SSSR count). The van der Waals surface area contributed by atoms with E-state index in [1.165, 1.54) is 4.88 Å². The fourth-order valence-corrected chi connectivity index (χ4v) is 4.28. The van der Waals surface area contributed by atoms with Crippen LogP contribution in [-0.2, 0) is 16.1 Å². The summed E-state index contributed by atoms with van der Waals surface area (Å²) in [5, 5.41) is 5.97. The van der Waals surface area contributed by atoms with E-state index in [4.69, 9.17) is 17.0 Å². The van der Waals surface area contributed by atoms with Crippen molar-refractivity contribution in [3.05, 3.63) is 22.4 Å². The lowest BCUT2D eigenvalue weighted by atomic mass is 10.3. The van der Waals surface area contributed by atoms with Crippen LogP contribution in [0.2, 0.25) is 0 Å². The van der Waals surface area contributed by atoms with Gasteiger partial charge in [-0.1, -0.05) is 19.4 Å². The molecule has 164 valence electrons. The van der Waals surface area contributed by atoms with E-state index in [1.807, 2.05) is 11.8 Å². The minimum Gasteiger partial charge on any atom is -0.379 e. The van der Waals surface area contributed by atoms with Gasteiger partial charge < -0.3 is 19.9 Å². The first-order valence-corrected chi connectivity index (χ1v) is 12.1. The van der Waals surface area contributed by atoms with Crippen molar-refractivity contribution in [3.8, 4) is 0 Å². The van der Waals surface area contributed by atoms with Gasteiger partial charge in [-0.15, -0.1) is 11.3 Å². The molecular weight excluding hydrogens is 404 g/mol. The Morgan fingerprint density at radius 3 is 2.66 bits per heavy atom. The Morgan fingerprint density at radius 1 is 1.24 bits per heavy atom.